The van der Waals surface area contributed by atoms with E-state index >= 15 is 0 Å². The molecule has 1 aliphatic heterocycles. The first-order chi connectivity index (χ1) is 8.88. The normalized spacial score (nSPS) is 21.4. The van der Waals surface area contributed by atoms with Crippen LogP contribution in [0.15, 0.2) is 4.52 Å². The number of nitrogens with zero attached hydrogens (tertiary/aromatic N) is 2. The molecular weight excluding hydrogens is 244 g/mol. The van der Waals surface area contributed by atoms with Gasteiger partial charge in [0.15, 0.2) is 0 Å². The van der Waals surface area contributed by atoms with Crippen LogP contribution in [0.3, 0.4) is 0 Å². The van der Waals surface area contributed by atoms with Crippen LogP contribution in [0.1, 0.15) is 63.1 Å². The first-order valence-electron chi connectivity index (χ1n) is 6.76. The fourth-order valence-corrected chi connectivity index (χ4v) is 1.84. The van der Waals surface area contributed by atoms with Crippen molar-refractivity contribution in [3.8, 4) is 0 Å². The average Bonchev–Trinajstić information content (AvgIpc) is 2.98. The van der Waals surface area contributed by atoms with Gasteiger partial charge in [-0.3, -0.25) is 4.79 Å². The largest absolute Gasteiger partial charge is 0.346 e. The van der Waals surface area contributed by atoms with Crippen molar-refractivity contribution in [1.29, 1.82) is 0 Å². The quantitative estimate of drug-likeness (QED) is 0.869. The van der Waals surface area contributed by atoms with E-state index in [4.69, 9.17) is 4.52 Å². The first kappa shape index (κ1) is 14.0. The Morgan fingerprint density at radius 1 is 1.53 bits per heavy atom. The third-order valence-electron chi connectivity index (χ3n) is 3.65. The molecule has 2 unspecified atom stereocenters. The van der Waals surface area contributed by atoms with E-state index in [1.807, 2.05) is 6.92 Å². The van der Waals surface area contributed by atoms with Gasteiger partial charge in [0.1, 0.15) is 0 Å². The van der Waals surface area contributed by atoms with Crippen molar-refractivity contribution in [3.05, 3.63) is 11.7 Å². The van der Waals surface area contributed by atoms with Crippen molar-refractivity contribution in [3.63, 3.8) is 0 Å². The maximum atomic E-state index is 12.0. The van der Waals surface area contributed by atoms with Crippen molar-refractivity contribution in [1.82, 2.24) is 20.8 Å². The number of amides is 1. The molecule has 0 bridgehead atoms. The number of hydrogen-bond donors (Lipinski definition) is 2. The van der Waals surface area contributed by atoms with Crippen LogP contribution in [0.2, 0.25) is 0 Å². The summed E-state index contributed by atoms with van der Waals surface area (Å²) in [6.45, 7) is 9.14. The van der Waals surface area contributed by atoms with Gasteiger partial charge in [0, 0.05) is 6.04 Å². The van der Waals surface area contributed by atoms with Gasteiger partial charge in [-0.2, -0.15) is 4.98 Å². The minimum atomic E-state index is -0.282. The summed E-state index contributed by atoms with van der Waals surface area (Å²) < 4.78 is 5.15. The predicted octanol–water partition coefficient (Wildman–Crippen LogP) is 1.66. The van der Waals surface area contributed by atoms with Gasteiger partial charge in [-0.05, 0) is 31.7 Å². The second kappa shape index (κ2) is 5.28. The van der Waals surface area contributed by atoms with E-state index in [-0.39, 0.29) is 29.2 Å². The monoisotopic (exact) mass is 266 g/mol. The zero-order chi connectivity index (χ0) is 14.0. The van der Waals surface area contributed by atoms with Crippen LogP contribution in [0.4, 0.5) is 0 Å². The molecule has 1 amide bonds. The highest BCUT2D eigenvalue weighted by atomic mass is 16.5. The summed E-state index contributed by atoms with van der Waals surface area (Å²) >= 11 is 0. The van der Waals surface area contributed by atoms with Gasteiger partial charge in [0.05, 0.1) is 6.04 Å². The molecule has 0 saturated carbocycles. The van der Waals surface area contributed by atoms with E-state index in [9.17, 15) is 4.79 Å². The zero-order valence-corrected chi connectivity index (χ0v) is 12.0. The zero-order valence-electron chi connectivity index (χ0n) is 12.0. The van der Waals surface area contributed by atoms with E-state index in [2.05, 4.69) is 41.5 Å². The van der Waals surface area contributed by atoms with Crippen molar-refractivity contribution in [2.24, 2.45) is 5.41 Å². The van der Waals surface area contributed by atoms with Gasteiger partial charge in [-0.25, -0.2) is 0 Å². The van der Waals surface area contributed by atoms with E-state index < -0.39 is 0 Å². The molecule has 1 fully saturated rings. The smallest absolute Gasteiger partial charge is 0.292 e. The van der Waals surface area contributed by atoms with Crippen molar-refractivity contribution < 1.29 is 9.32 Å². The summed E-state index contributed by atoms with van der Waals surface area (Å²) in [4.78, 5) is 16.2. The molecule has 1 aromatic heterocycles. The van der Waals surface area contributed by atoms with Gasteiger partial charge in [0.25, 0.3) is 11.7 Å². The summed E-state index contributed by atoms with van der Waals surface area (Å²) in [6, 6.07) is 0.126. The van der Waals surface area contributed by atoms with Crippen LogP contribution in [-0.2, 0) is 0 Å². The molecule has 2 heterocycles. The molecule has 0 radical (unpaired) electrons. The van der Waals surface area contributed by atoms with Crippen LogP contribution in [0, 0.1) is 5.41 Å². The van der Waals surface area contributed by atoms with Crippen LogP contribution >= 0.6 is 0 Å². The fraction of sp³-hybridized carbons (Fsp3) is 0.769. The molecule has 6 nitrogen and oxygen atoms in total. The third-order valence-corrected chi connectivity index (χ3v) is 3.65. The number of rotatable bonds is 3. The van der Waals surface area contributed by atoms with Gasteiger partial charge in [-0.15, -0.1) is 0 Å². The third kappa shape index (κ3) is 3.32. The lowest BCUT2D eigenvalue weighted by Crippen LogP contribution is -2.41. The highest BCUT2D eigenvalue weighted by Crippen LogP contribution is 2.21. The Morgan fingerprint density at radius 3 is 2.84 bits per heavy atom. The van der Waals surface area contributed by atoms with E-state index in [0.29, 0.717) is 5.89 Å². The number of carbonyl (C=O) groups excluding carboxylic acids is 1. The Hall–Kier alpha value is -1.43. The Morgan fingerprint density at radius 2 is 2.26 bits per heavy atom. The summed E-state index contributed by atoms with van der Waals surface area (Å²) in [7, 11) is 0. The minimum Gasteiger partial charge on any atom is -0.346 e. The van der Waals surface area contributed by atoms with Crippen molar-refractivity contribution >= 4 is 5.91 Å². The van der Waals surface area contributed by atoms with E-state index in [1.54, 1.807) is 0 Å². The first-order valence-corrected chi connectivity index (χ1v) is 6.76. The SMILES string of the molecule is CC(NC(=O)c1noc(C2CCCN2)n1)C(C)(C)C. The standard InChI is InChI=1S/C13H22N4O2/c1-8(13(2,3)4)15-11(18)10-16-12(19-17-10)9-6-5-7-14-9/h8-9,14H,5-7H2,1-4H3,(H,15,18). The van der Waals surface area contributed by atoms with Gasteiger partial charge in [-0.1, -0.05) is 25.9 Å². The molecule has 1 aromatic rings. The maximum Gasteiger partial charge on any atom is 0.292 e. The molecule has 0 aromatic carbocycles. The molecule has 0 aliphatic carbocycles. The lowest BCUT2D eigenvalue weighted by Gasteiger charge is -2.27. The van der Waals surface area contributed by atoms with Gasteiger partial charge in [0.2, 0.25) is 5.89 Å². The number of hydrogen-bond acceptors (Lipinski definition) is 5. The van der Waals surface area contributed by atoms with E-state index in [1.165, 1.54) is 0 Å². The molecule has 6 heteroatoms. The van der Waals surface area contributed by atoms with Gasteiger partial charge < -0.3 is 15.2 Å². The molecular formula is C13H22N4O2. The summed E-state index contributed by atoms with van der Waals surface area (Å²) in [5.41, 5.74) is -0.00473. The molecule has 2 atom stereocenters. The van der Waals surface area contributed by atoms with E-state index in [0.717, 1.165) is 19.4 Å². The highest BCUT2D eigenvalue weighted by molar-refractivity contribution is 5.90. The lowest BCUT2D eigenvalue weighted by molar-refractivity contribution is 0.0896. The molecule has 0 spiro atoms. The molecule has 19 heavy (non-hydrogen) atoms. The number of nitrogens with one attached hydrogen (secondary N) is 2. The summed E-state index contributed by atoms with van der Waals surface area (Å²) in [5.74, 6) is 0.335. The molecule has 2 rings (SSSR count). The van der Waals surface area contributed by atoms with Crippen LogP contribution < -0.4 is 10.6 Å². The molecule has 106 valence electrons. The Labute approximate surface area is 113 Å². The fourth-order valence-electron chi connectivity index (χ4n) is 1.84. The molecule has 2 N–H and O–H groups in total. The molecule has 1 saturated heterocycles. The minimum absolute atomic E-state index is 0.00473. The number of carbonyl (C=O) groups is 1. The Bertz CT molecular complexity index is 444. The second-order valence-electron chi connectivity index (χ2n) is 6.17. The van der Waals surface area contributed by atoms with Crippen LogP contribution in [0.5, 0.6) is 0 Å². The topological polar surface area (TPSA) is 80.0 Å². The number of aromatic nitrogens is 2. The van der Waals surface area contributed by atoms with Crippen molar-refractivity contribution in [2.45, 2.75) is 52.6 Å². The van der Waals surface area contributed by atoms with Crippen LogP contribution in [0.25, 0.3) is 0 Å². The average molecular weight is 266 g/mol. The molecule has 1 aliphatic rings. The Balaban J connectivity index is 2.00. The predicted molar refractivity (Wildman–Crippen MR) is 70.7 cm³/mol. The summed E-state index contributed by atoms with van der Waals surface area (Å²) in [5, 5.41) is 9.92. The second-order valence-corrected chi connectivity index (χ2v) is 6.17. The highest BCUT2D eigenvalue weighted by Gasteiger charge is 2.27. The summed E-state index contributed by atoms with van der Waals surface area (Å²) in [6.07, 6.45) is 2.07. The van der Waals surface area contributed by atoms with Crippen LogP contribution in [-0.4, -0.2) is 28.6 Å². The lowest BCUT2D eigenvalue weighted by atomic mass is 9.88. The Kier molecular flexibility index (Phi) is 3.89. The van der Waals surface area contributed by atoms with Gasteiger partial charge >= 0.3 is 0 Å². The van der Waals surface area contributed by atoms with Crippen molar-refractivity contribution in [2.75, 3.05) is 6.54 Å². The maximum absolute atomic E-state index is 12.0.